The van der Waals surface area contributed by atoms with Gasteiger partial charge < -0.3 is 19.7 Å². The van der Waals surface area contributed by atoms with E-state index in [-0.39, 0.29) is 0 Å². The molecule has 1 aromatic carbocycles. The summed E-state index contributed by atoms with van der Waals surface area (Å²) in [6, 6.07) is 6.88. The number of nitrogens with zero attached hydrogens (tertiary/aromatic N) is 1. The molecule has 19 heavy (non-hydrogen) atoms. The normalized spacial score (nSPS) is 14.7. The highest BCUT2D eigenvalue weighted by atomic mass is 16.5. The van der Waals surface area contributed by atoms with Crippen LogP contribution in [0.25, 0.3) is 0 Å². The van der Waals surface area contributed by atoms with E-state index in [1.165, 1.54) is 18.4 Å². The quantitative estimate of drug-likeness (QED) is 0.727. The van der Waals surface area contributed by atoms with E-state index < -0.39 is 0 Å². The van der Waals surface area contributed by atoms with Gasteiger partial charge in [0.2, 0.25) is 0 Å². The number of hydrogen-bond donors (Lipinski definition) is 1. The Morgan fingerprint density at radius 1 is 1.21 bits per heavy atom. The minimum atomic E-state index is 0.778. The number of nitrogens with one attached hydrogen (secondary N) is 1. The van der Waals surface area contributed by atoms with Crippen LogP contribution in [0.4, 0.5) is 0 Å². The molecule has 0 spiro atoms. The van der Waals surface area contributed by atoms with Gasteiger partial charge in [-0.2, -0.15) is 0 Å². The summed E-state index contributed by atoms with van der Waals surface area (Å²) in [5, 5.41) is 3.47. The minimum Gasteiger partial charge on any atom is -0.493 e. The standard InChI is InChI=1S/C15H24N2O2/c1-17(13-5-6-13)9-8-16-11-12-4-7-14(18-2)15(10-12)19-3/h4,7,10,13,16H,5-6,8-9,11H2,1-3H3. The molecule has 0 aromatic heterocycles. The summed E-state index contributed by atoms with van der Waals surface area (Å²) in [6.07, 6.45) is 2.73. The maximum Gasteiger partial charge on any atom is 0.161 e. The molecule has 2 rings (SSSR count). The number of methoxy groups -OCH3 is 2. The molecule has 0 unspecified atom stereocenters. The Bertz CT molecular complexity index is 405. The van der Waals surface area contributed by atoms with E-state index in [0.29, 0.717) is 0 Å². The fourth-order valence-electron chi connectivity index (χ4n) is 2.18. The summed E-state index contributed by atoms with van der Waals surface area (Å²) < 4.78 is 10.5. The van der Waals surface area contributed by atoms with Crippen molar-refractivity contribution in [3.63, 3.8) is 0 Å². The van der Waals surface area contributed by atoms with Gasteiger partial charge in [-0.3, -0.25) is 0 Å². The highest BCUT2D eigenvalue weighted by Crippen LogP contribution is 2.27. The topological polar surface area (TPSA) is 33.7 Å². The lowest BCUT2D eigenvalue weighted by molar-refractivity contribution is 0.321. The third-order valence-corrected chi connectivity index (χ3v) is 3.59. The summed E-state index contributed by atoms with van der Waals surface area (Å²) >= 11 is 0. The van der Waals surface area contributed by atoms with Crippen LogP contribution in [-0.4, -0.2) is 45.3 Å². The van der Waals surface area contributed by atoms with Crippen molar-refractivity contribution in [3.8, 4) is 11.5 Å². The number of benzene rings is 1. The van der Waals surface area contributed by atoms with Crippen LogP contribution in [-0.2, 0) is 6.54 Å². The van der Waals surface area contributed by atoms with Gasteiger partial charge in [0.1, 0.15) is 0 Å². The van der Waals surface area contributed by atoms with E-state index in [1.807, 2.05) is 12.1 Å². The van der Waals surface area contributed by atoms with E-state index in [4.69, 9.17) is 9.47 Å². The molecule has 0 atom stereocenters. The number of likely N-dealkylation sites (N-methyl/N-ethyl adjacent to an activating group) is 1. The maximum absolute atomic E-state index is 5.30. The van der Waals surface area contributed by atoms with Crippen molar-refractivity contribution in [2.75, 3.05) is 34.4 Å². The molecular formula is C15H24N2O2. The van der Waals surface area contributed by atoms with Crippen LogP contribution >= 0.6 is 0 Å². The Labute approximate surface area is 115 Å². The van der Waals surface area contributed by atoms with Crippen LogP contribution in [0, 0.1) is 0 Å². The van der Waals surface area contributed by atoms with Crippen molar-refractivity contribution >= 4 is 0 Å². The molecule has 106 valence electrons. The number of rotatable bonds is 8. The molecule has 1 aliphatic rings. The van der Waals surface area contributed by atoms with Gasteiger partial charge in [0, 0.05) is 25.7 Å². The second kappa shape index (κ2) is 6.78. The Kier molecular flexibility index (Phi) is 5.05. The lowest BCUT2D eigenvalue weighted by Crippen LogP contribution is -2.30. The van der Waals surface area contributed by atoms with Crippen LogP contribution in [0.15, 0.2) is 18.2 Å². The van der Waals surface area contributed by atoms with Crippen molar-refractivity contribution in [2.45, 2.75) is 25.4 Å². The van der Waals surface area contributed by atoms with Gasteiger partial charge in [-0.25, -0.2) is 0 Å². The van der Waals surface area contributed by atoms with E-state index in [1.54, 1.807) is 14.2 Å². The third kappa shape index (κ3) is 4.11. The smallest absolute Gasteiger partial charge is 0.161 e. The van der Waals surface area contributed by atoms with Crippen LogP contribution in [0.5, 0.6) is 11.5 Å². The fourth-order valence-corrected chi connectivity index (χ4v) is 2.18. The average Bonchev–Trinajstić information content (AvgIpc) is 3.27. The predicted octanol–water partition coefficient (Wildman–Crippen LogP) is 1.89. The summed E-state index contributed by atoms with van der Waals surface area (Å²) in [6.45, 7) is 2.98. The van der Waals surface area contributed by atoms with Crippen LogP contribution in [0.3, 0.4) is 0 Å². The molecule has 1 fully saturated rings. The van der Waals surface area contributed by atoms with Gasteiger partial charge in [0.05, 0.1) is 14.2 Å². The lowest BCUT2D eigenvalue weighted by atomic mass is 10.2. The number of ether oxygens (including phenoxy) is 2. The van der Waals surface area contributed by atoms with E-state index in [9.17, 15) is 0 Å². The van der Waals surface area contributed by atoms with E-state index >= 15 is 0 Å². The second-order valence-electron chi connectivity index (χ2n) is 5.08. The molecule has 0 bridgehead atoms. The second-order valence-corrected chi connectivity index (χ2v) is 5.08. The van der Waals surface area contributed by atoms with Gasteiger partial charge in [0.15, 0.2) is 11.5 Å². The van der Waals surface area contributed by atoms with Gasteiger partial charge in [-0.15, -0.1) is 0 Å². The largest absolute Gasteiger partial charge is 0.493 e. The molecule has 4 nitrogen and oxygen atoms in total. The molecule has 1 aliphatic carbocycles. The summed E-state index contributed by atoms with van der Waals surface area (Å²) in [7, 11) is 5.53. The van der Waals surface area contributed by atoms with Gasteiger partial charge >= 0.3 is 0 Å². The molecule has 0 radical (unpaired) electrons. The number of hydrogen-bond acceptors (Lipinski definition) is 4. The minimum absolute atomic E-state index is 0.778. The molecule has 1 N–H and O–H groups in total. The van der Waals surface area contributed by atoms with Crippen molar-refractivity contribution in [2.24, 2.45) is 0 Å². The molecular weight excluding hydrogens is 240 g/mol. The summed E-state index contributed by atoms with van der Waals surface area (Å²) in [4.78, 5) is 2.43. The maximum atomic E-state index is 5.30. The zero-order valence-electron chi connectivity index (χ0n) is 12.1. The molecule has 1 saturated carbocycles. The lowest BCUT2D eigenvalue weighted by Gasteiger charge is -2.16. The molecule has 0 heterocycles. The van der Waals surface area contributed by atoms with Crippen LogP contribution < -0.4 is 14.8 Å². The first-order chi connectivity index (χ1) is 9.24. The van der Waals surface area contributed by atoms with Crippen LogP contribution in [0.1, 0.15) is 18.4 Å². The molecule has 0 aliphatic heterocycles. The fraction of sp³-hybridized carbons (Fsp3) is 0.600. The van der Waals surface area contributed by atoms with Crippen molar-refractivity contribution in [1.82, 2.24) is 10.2 Å². The first-order valence-electron chi connectivity index (χ1n) is 6.86. The van der Waals surface area contributed by atoms with E-state index in [0.717, 1.165) is 37.2 Å². The highest BCUT2D eigenvalue weighted by molar-refractivity contribution is 5.42. The molecule has 4 heteroatoms. The molecule has 0 saturated heterocycles. The zero-order chi connectivity index (χ0) is 13.7. The average molecular weight is 264 g/mol. The Morgan fingerprint density at radius 2 is 1.95 bits per heavy atom. The Morgan fingerprint density at radius 3 is 2.58 bits per heavy atom. The summed E-state index contributed by atoms with van der Waals surface area (Å²) in [5.74, 6) is 1.57. The predicted molar refractivity (Wildman–Crippen MR) is 76.9 cm³/mol. The first-order valence-corrected chi connectivity index (χ1v) is 6.86. The van der Waals surface area contributed by atoms with Crippen molar-refractivity contribution in [1.29, 1.82) is 0 Å². The van der Waals surface area contributed by atoms with Crippen LogP contribution in [0.2, 0.25) is 0 Å². The van der Waals surface area contributed by atoms with Crippen molar-refractivity contribution < 1.29 is 9.47 Å². The summed E-state index contributed by atoms with van der Waals surface area (Å²) in [5.41, 5.74) is 1.21. The van der Waals surface area contributed by atoms with Gasteiger partial charge in [0.25, 0.3) is 0 Å². The third-order valence-electron chi connectivity index (χ3n) is 3.59. The Balaban J connectivity index is 1.75. The van der Waals surface area contributed by atoms with Gasteiger partial charge in [-0.05, 0) is 37.6 Å². The monoisotopic (exact) mass is 264 g/mol. The van der Waals surface area contributed by atoms with Gasteiger partial charge in [-0.1, -0.05) is 6.07 Å². The Hall–Kier alpha value is -1.26. The molecule has 0 amide bonds. The molecule has 1 aromatic rings. The SMILES string of the molecule is COc1ccc(CNCCN(C)C2CC2)cc1OC. The highest BCUT2D eigenvalue weighted by Gasteiger charge is 2.25. The first kappa shape index (κ1) is 14.2. The van der Waals surface area contributed by atoms with E-state index in [2.05, 4.69) is 23.3 Å². The zero-order valence-corrected chi connectivity index (χ0v) is 12.1. The van der Waals surface area contributed by atoms with Crippen molar-refractivity contribution in [3.05, 3.63) is 23.8 Å².